The second kappa shape index (κ2) is 8.23. The van der Waals surface area contributed by atoms with Crippen LogP contribution in [0.4, 0.5) is 23.7 Å². The molecule has 170 valence electrons. The number of fused-ring (bicyclic) bond motifs is 2. The van der Waals surface area contributed by atoms with Crippen LogP contribution in [-0.2, 0) is 6.18 Å². The van der Waals surface area contributed by atoms with Crippen LogP contribution in [0.1, 0.15) is 22.6 Å². The highest BCUT2D eigenvalue weighted by molar-refractivity contribution is 5.91. The van der Waals surface area contributed by atoms with Gasteiger partial charge in [0.2, 0.25) is 0 Å². The smallest absolute Gasteiger partial charge is 0.315 e. The largest absolute Gasteiger partial charge is 0.416 e. The van der Waals surface area contributed by atoms with E-state index in [1.165, 1.54) is 28.8 Å². The Hall–Kier alpha value is -3.32. The number of likely N-dealkylation sites (tertiary alicyclic amines) is 1. The number of amides is 2. The summed E-state index contributed by atoms with van der Waals surface area (Å²) in [6.07, 6.45) is -4.40. The van der Waals surface area contributed by atoms with E-state index in [1.54, 1.807) is 0 Å². The lowest BCUT2D eigenvalue weighted by Gasteiger charge is -2.59. The first-order valence-electron chi connectivity index (χ1n) is 11.0. The summed E-state index contributed by atoms with van der Waals surface area (Å²) in [5.74, 6) is 0.232. The van der Waals surface area contributed by atoms with E-state index in [0.717, 1.165) is 17.7 Å². The molecular formula is C26H24F3N3O. The first-order valence-corrected chi connectivity index (χ1v) is 11.0. The van der Waals surface area contributed by atoms with Gasteiger partial charge in [-0.05, 0) is 53.4 Å². The molecule has 3 atom stereocenters. The van der Waals surface area contributed by atoms with Crippen LogP contribution in [0.5, 0.6) is 0 Å². The van der Waals surface area contributed by atoms with Crippen LogP contribution in [0.25, 0.3) is 11.1 Å². The van der Waals surface area contributed by atoms with Gasteiger partial charge in [0.1, 0.15) is 0 Å². The second-order valence-corrected chi connectivity index (χ2v) is 8.67. The Bertz CT molecular complexity index is 1150. The van der Waals surface area contributed by atoms with Crippen molar-refractivity contribution in [3.63, 3.8) is 0 Å². The van der Waals surface area contributed by atoms with Crippen LogP contribution in [0.15, 0.2) is 72.8 Å². The standard InChI is InChI=1S/C26H24F3N3O/c1-16-4-2-3-5-21(16)17-6-8-18(9-7-17)24-22-14-30-15-23(24)32(22)25(33)31-20-12-10-19(11-13-20)26(27,28)29/h2-13,22-24,30H,14-15H2,1H3,(H,31,33)/t22-,23+,24?. The highest BCUT2D eigenvalue weighted by atomic mass is 19.4. The number of anilines is 1. The molecule has 2 bridgehead atoms. The molecule has 2 heterocycles. The first kappa shape index (κ1) is 21.5. The number of piperidine rings is 1. The van der Waals surface area contributed by atoms with Gasteiger partial charge < -0.3 is 15.5 Å². The highest BCUT2D eigenvalue weighted by Crippen LogP contribution is 2.43. The van der Waals surface area contributed by atoms with Gasteiger partial charge in [-0.3, -0.25) is 0 Å². The maximum atomic E-state index is 12.9. The number of rotatable bonds is 3. The minimum atomic E-state index is -4.40. The van der Waals surface area contributed by atoms with Gasteiger partial charge in [0.05, 0.1) is 17.6 Å². The molecule has 2 amide bonds. The van der Waals surface area contributed by atoms with Crippen molar-refractivity contribution in [1.29, 1.82) is 0 Å². The normalized spacial score (nSPS) is 21.9. The third-order valence-electron chi connectivity index (χ3n) is 6.70. The van der Waals surface area contributed by atoms with Crippen molar-refractivity contribution >= 4 is 11.7 Å². The number of nitrogens with one attached hydrogen (secondary N) is 2. The molecule has 0 spiro atoms. The lowest BCUT2D eigenvalue weighted by atomic mass is 9.72. The third kappa shape index (κ3) is 3.97. The molecule has 2 aliphatic heterocycles. The highest BCUT2D eigenvalue weighted by Gasteiger charge is 2.53. The quantitative estimate of drug-likeness (QED) is 0.540. The summed E-state index contributed by atoms with van der Waals surface area (Å²) < 4.78 is 38.3. The molecule has 2 saturated heterocycles. The van der Waals surface area contributed by atoms with Crippen LogP contribution in [0, 0.1) is 6.92 Å². The average molecular weight is 451 g/mol. The van der Waals surface area contributed by atoms with E-state index in [9.17, 15) is 18.0 Å². The van der Waals surface area contributed by atoms with Crippen molar-refractivity contribution < 1.29 is 18.0 Å². The zero-order chi connectivity index (χ0) is 23.2. The number of hydrogen-bond acceptors (Lipinski definition) is 2. The van der Waals surface area contributed by atoms with Crippen LogP contribution in [0.3, 0.4) is 0 Å². The number of halogens is 3. The summed E-state index contributed by atoms with van der Waals surface area (Å²) in [5.41, 5.74) is 4.40. The Kier molecular flexibility index (Phi) is 5.37. The molecule has 4 nitrogen and oxygen atoms in total. The molecule has 0 aromatic heterocycles. The second-order valence-electron chi connectivity index (χ2n) is 8.67. The molecule has 2 aliphatic rings. The Morgan fingerprint density at radius 3 is 2.18 bits per heavy atom. The van der Waals surface area contributed by atoms with Crippen LogP contribution in [-0.4, -0.2) is 36.1 Å². The number of carbonyl (C=O) groups is 1. The Labute approximate surface area is 190 Å². The summed E-state index contributed by atoms with van der Waals surface area (Å²) in [5, 5.41) is 6.11. The molecule has 2 fully saturated rings. The minimum Gasteiger partial charge on any atom is -0.315 e. The maximum absolute atomic E-state index is 12.9. The number of benzene rings is 3. The number of aryl methyl sites for hydroxylation is 1. The summed E-state index contributed by atoms with van der Waals surface area (Å²) in [6, 6.07) is 21.1. The third-order valence-corrected chi connectivity index (χ3v) is 6.70. The SMILES string of the molecule is Cc1ccccc1-c1ccc(C2[C@H]3CNC[C@@H]2N3C(=O)Nc2ccc(C(F)(F)F)cc2)cc1. The van der Waals surface area contributed by atoms with Gasteiger partial charge in [0, 0.05) is 24.7 Å². The maximum Gasteiger partial charge on any atom is 0.416 e. The molecule has 0 radical (unpaired) electrons. The zero-order valence-electron chi connectivity index (χ0n) is 18.1. The molecule has 5 rings (SSSR count). The topological polar surface area (TPSA) is 44.4 Å². The fourth-order valence-corrected chi connectivity index (χ4v) is 5.03. The number of carbonyl (C=O) groups excluding carboxylic acids is 1. The predicted octanol–water partition coefficient (Wildman–Crippen LogP) is 5.65. The molecular weight excluding hydrogens is 427 g/mol. The number of piperazine rings is 1. The van der Waals surface area contributed by atoms with Gasteiger partial charge in [-0.25, -0.2) is 4.79 Å². The lowest BCUT2D eigenvalue weighted by molar-refractivity contribution is -0.137. The summed E-state index contributed by atoms with van der Waals surface area (Å²) >= 11 is 0. The Morgan fingerprint density at radius 2 is 1.58 bits per heavy atom. The van der Waals surface area contributed by atoms with Gasteiger partial charge in [0.25, 0.3) is 0 Å². The molecule has 0 saturated carbocycles. The average Bonchev–Trinajstić information content (AvgIpc) is 2.80. The van der Waals surface area contributed by atoms with E-state index >= 15 is 0 Å². The number of nitrogens with zero attached hydrogens (tertiary/aromatic N) is 1. The zero-order valence-corrected chi connectivity index (χ0v) is 18.1. The molecule has 3 aromatic carbocycles. The van der Waals surface area contributed by atoms with E-state index in [2.05, 4.69) is 54.0 Å². The number of urea groups is 1. The van der Waals surface area contributed by atoms with Crippen molar-refractivity contribution in [3.8, 4) is 11.1 Å². The van der Waals surface area contributed by atoms with E-state index in [1.807, 2.05) is 17.0 Å². The summed E-state index contributed by atoms with van der Waals surface area (Å²) in [6.45, 7) is 3.46. The molecule has 1 unspecified atom stereocenters. The van der Waals surface area contributed by atoms with Gasteiger partial charge >= 0.3 is 12.2 Å². The van der Waals surface area contributed by atoms with Gasteiger partial charge in [-0.15, -0.1) is 0 Å². The summed E-state index contributed by atoms with van der Waals surface area (Å²) in [7, 11) is 0. The molecule has 7 heteroatoms. The number of hydrogen-bond donors (Lipinski definition) is 2. The van der Waals surface area contributed by atoms with Crippen LogP contribution < -0.4 is 10.6 Å². The number of alkyl halides is 3. The monoisotopic (exact) mass is 451 g/mol. The van der Waals surface area contributed by atoms with Gasteiger partial charge in [-0.2, -0.15) is 13.2 Å². The fourth-order valence-electron chi connectivity index (χ4n) is 5.03. The van der Waals surface area contributed by atoms with Gasteiger partial charge in [-0.1, -0.05) is 48.5 Å². The minimum absolute atomic E-state index is 0.00232. The van der Waals surface area contributed by atoms with Crippen molar-refractivity contribution in [2.24, 2.45) is 0 Å². The van der Waals surface area contributed by atoms with E-state index in [-0.39, 0.29) is 24.0 Å². The van der Waals surface area contributed by atoms with Crippen molar-refractivity contribution in [1.82, 2.24) is 10.2 Å². The van der Waals surface area contributed by atoms with Crippen LogP contribution in [0.2, 0.25) is 0 Å². The summed E-state index contributed by atoms with van der Waals surface area (Å²) in [4.78, 5) is 14.7. The predicted molar refractivity (Wildman–Crippen MR) is 122 cm³/mol. The van der Waals surface area contributed by atoms with Crippen LogP contribution >= 0.6 is 0 Å². The van der Waals surface area contributed by atoms with E-state index in [4.69, 9.17) is 0 Å². The van der Waals surface area contributed by atoms with Crippen molar-refractivity contribution in [2.75, 3.05) is 18.4 Å². The fraction of sp³-hybridized carbons (Fsp3) is 0.269. The molecule has 2 N–H and O–H groups in total. The molecule has 3 aromatic rings. The van der Waals surface area contributed by atoms with E-state index in [0.29, 0.717) is 18.8 Å². The van der Waals surface area contributed by atoms with Gasteiger partial charge in [0.15, 0.2) is 0 Å². The molecule has 33 heavy (non-hydrogen) atoms. The lowest BCUT2D eigenvalue weighted by Crippen LogP contribution is -2.74. The molecule has 0 aliphatic carbocycles. The van der Waals surface area contributed by atoms with E-state index < -0.39 is 11.7 Å². The van der Waals surface area contributed by atoms with Crippen molar-refractivity contribution in [2.45, 2.75) is 31.1 Å². The Morgan fingerprint density at radius 1 is 0.939 bits per heavy atom. The Balaban J connectivity index is 1.29. The van der Waals surface area contributed by atoms with Crippen molar-refractivity contribution in [3.05, 3.63) is 89.5 Å². The first-order chi connectivity index (χ1) is 15.8.